The van der Waals surface area contributed by atoms with Crippen molar-refractivity contribution in [2.45, 2.75) is 33.4 Å². The highest BCUT2D eigenvalue weighted by Gasteiger charge is 2.15. The number of ether oxygens (including phenoxy) is 1. The molecule has 150 valence electrons. The zero-order valence-corrected chi connectivity index (χ0v) is 16.6. The molecule has 0 fully saturated rings. The van der Waals surface area contributed by atoms with E-state index in [1.807, 2.05) is 36.6 Å². The van der Waals surface area contributed by atoms with E-state index < -0.39 is 16.6 Å². The summed E-state index contributed by atoms with van der Waals surface area (Å²) in [6, 6.07) is 14.0. The average molecular weight is 408 g/mol. The van der Waals surface area contributed by atoms with E-state index in [-0.39, 0.29) is 17.5 Å². The Morgan fingerprint density at radius 2 is 1.75 bits per heavy atom. The van der Waals surface area contributed by atoms with Crippen LogP contribution < -0.4 is 9.46 Å². The summed E-state index contributed by atoms with van der Waals surface area (Å²) in [6.07, 6.45) is 0. The molecule has 0 aliphatic rings. The van der Waals surface area contributed by atoms with Crippen LogP contribution in [0.25, 0.3) is 22.2 Å². The van der Waals surface area contributed by atoms with E-state index in [4.69, 9.17) is 0 Å². The second kappa shape index (κ2) is 7.79. The molecule has 0 saturated carbocycles. The number of nitrogens with one attached hydrogen (secondary N) is 1. The molecule has 5 nitrogen and oxygen atoms in total. The highest BCUT2D eigenvalue weighted by Crippen LogP contribution is 2.34. The summed E-state index contributed by atoms with van der Waals surface area (Å²) in [4.78, 5) is 0. The van der Waals surface area contributed by atoms with Gasteiger partial charge < -0.3 is 9.30 Å². The lowest BCUT2D eigenvalue weighted by Gasteiger charge is -2.16. The van der Waals surface area contributed by atoms with Crippen LogP contribution in [0.15, 0.2) is 48.5 Å². The van der Waals surface area contributed by atoms with Crippen molar-refractivity contribution in [3.8, 4) is 17.0 Å². The third-order valence-corrected chi connectivity index (χ3v) is 5.70. The summed E-state index contributed by atoms with van der Waals surface area (Å²) in [7, 11) is -3.34. The Kier molecular flexibility index (Phi) is 5.60. The average Bonchev–Trinajstić information content (AvgIpc) is 3.00. The van der Waals surface area contributed by atoms with E-state index in [0.717, 1.165) is 22.2 Å². The molecule has 0 bridgehead atoms. The first kappa shape index (κ1) is 20.1. The van der Waals surface area contributed by atoms with Crippen LogP contribution in [-0.4, -0.2) is 25.3 Å². The number of benzene rings is 2. The Morgan fingerprint density at radius 1 is 1.07 bits per heavy atom. The Morgan fingerprint density at radius 3 is 2.32 bits per heavy atom. The number of rotatable bonds is 7. The van der Waals surface area contributed by atoms with E-state index in [2.05, 4.69) is 9.46 Å². The molecule has 3 rings (SSSR count). The lowest BCUT2D eigenvalue weighted by molar-refractivity contribution is -0.0497. The Hall–Kier alpha value is -2.61. The summed E-state index contributed by atoms with van der Waals surface area (Å²) >= 11 is 0. The molecular formula is C20H22F2N2O3S. The Balaban J connectivity index is 2.03. The van der Waals surface area contributed by atoms with E-state index in [9.17, 15) is 17.2 Å². The fraction of sp³-hybridized carbons (Fsp3) is 0.300. The van der Waals surface area contributed by atoms with Gasteiger partial charge in [-0.2, -0.15) is 8.78 Å². The molecule has 0 spiro atoms. The first-order chi connectivity index (χ1) is 13.2. The number of nitrogens with zero attached hydrogens (tertiary/aromatic N) is 1. The van der Waals surface area contributed by atoms with Crippen LogP contribution in [0.3, 0.4) is 0 Å². The smallest absolute Gasteiger partial charge is 0.387 e. The predicted molar refractivity (Wildman–Crippen MR) is 107 cm³/mol. The summed E-state index contributed by atoms with van der Waals surface area (Å²) < 4.78 is 57.6. The van der Waals surface area contributed by atoms with Gasteiger partial charge in [0, 0.05) is 28.9 Å². The second-order valence-corrected chi connectivity index (χ2v) is 8.69. The number of halogens is 2. The molecule has 28 heavy (non-hydrogen) atoms. The van der Waals surface area contributed by atoms with Gasteiger partial charge in [-0.05, 0) is 56.7 Å². The van der Waals surface area contributed by atoms with E-state index in [1.54, 1.807) is 31.2 Å². The van der Waals surface area contributed by atoms with Gasteiger partial charge in [-0.1, -0.05) is 12.1 Å². The first-order valence-electron chi connectivity index (χ1n) is 8.91. The second-order valence-electron chi connectivity index (χ2n) is 6.68. The van der Waals surface area contributed by atoms with Gasteiger partial charge in [0.05, 0.1) is 11.3 Å². The van der Waals surface area contributed by atoms with Gasteiger partial charge in [0.1, 0.15) is 5.75 Å². The van der Waals surface area contributed by atoms with Crippen molar-refractivity contribution in [3.63, 3.8) is 0 Å². The molecular weight excluding hydrogens is 386 g/mol. The molecule has 0 atom stereocenters. The van der Waals surface area contributed by atoms with Crippen molar-refractivity contribution in [2.24, 2.45) is 0 Å². The largest absolute Gasteiger partial charge is 0.435 e. The van der Waals surface area contributed by atoms with Gasteiger partial charge >= 0.3 is 6.61 Å². The lowest BCUT2D eigenvalue weighted by Crippen LogP contribution is -2.14. The summed E-state index contributed by atoms with van der Waals surface area (Å²) in [6.45, 7) is 2.71. The monoisotopic (exact) mass is 408 g/mol. The molecule has 0 aliphatic carbocycles. The maximum absolute atomic E-state index is 12.6. The van der Waals surface area contributed by atoms with Gasteiger partial charge in [-0.15, -0.1) is 0 Å². The third-order valence-electron chi connectivity index (χ3n) is 4.39. The van der Waals surface area contributed by atoms with Crippen molar-refractivity contribution in [1.29, 1.82) is 0 Å². The fourth-order valence-corrected chi connectivity index (χ4v) is 3.76. The number of alkyl halides is 2. The molecule has 1 aromatic heterocycles. The van der Waals surface area contributed by atoms with Crippen LogP contribution in [0.1, 0.15) is 26.8 Å². The van der Waals surface area contributed by atoms with Crippen molar-refractivity contribution >= 4 is 26.6 Å². The van der Waals surface area contributed by atoms with Crippen LogP contribution in [0.5, 0.6) is 5.75 Å². The van der Waals surface area contributed by atoms with Gasteiger partial charge in [0.2, 0.25) is 10.0 Å². The van der Waals surface area contributed by atoms with E-state index in [1.165, 1.54) is 6.07 Å². The first-order valence-corrected chi connectivity index (χ1v) is 10.6. The zero-order valence-electron chi connectivity index (χ0n) is 15.8. The van der Waals surface area contributed by atoms with Crippen LogP contribution in [0, 0.1) is 0 Å². The standard InChI is InChI=1S/C20H22F2N2O3S/c1-4-28(25,26)23-16-8-5-14(6-9-16)18-11-15-7-10-17(27-20(21)22)12-19(15)24(18)13(2)3/h5-13,20,23H,4H2,1-3H3. The zero-order chi connectivity index (χ0) is 20.5. The molecule has 0 amide bonds. The Labute approximate surface area is 163 Å². The molecule has 2 aromatic carbocycles. The number of hydrogen-bond donors (Lipinski definition) is 1. The summed E-state index contributed by atoms with van der Waals surface area (Å²) in [5.41, 5.74) is 3.08. The minimum atomic E-state index is -3.34. The van der Waals surface area contributed by atoms with Crippen molar-refractivity contribution in [2.75, 3.05) is 10.5 Å². The van der Waals surface area contributed by atoms with Crippen molar-refractivity contribution in [3.05, 3.63) is 48.5 Å². The Bertz CT molecular complexity index is 1070. The highest BCUT2D eigenvalue weighted by molar-refractivity contribution is 7.92. The molecule has 1 heterocycles. The topological polar surface area (TPSA) is 60.3 Å². The number of hydrogen-bond acceptors (Lipinski definition) is 3. The number of aromatic nitrogens is 1. The van der Waals surface area contributed by atoms with Crippen LogP contribution >= 0.6 is 0 Å². The van der Waals surface area contributed by atoms with E-state index >= 15 is 0 Å². The number of anilines is 1. The lowest BCUT2D eigenvalue weighted by atomic mass is 10.1. The molecule has 1 N–H and O–H groups in total. The van der Waals surface area contributed by atoms with Gasteiger partial charge in [0.15, 0.2) is 0 Å². The van der Waals surface area contributed by atoms with Gasteiger partial charge in [0.25, 0.3) is 0 Å². The van der Waals surface area contributed by atoms with Crippen LogP contribution in [-0.2, 0) is 10.0 Å². The maximum atomic E-state index is 12.6. The molecule has 8 heteroatoms. The molecule has 0 radical (unpaired) electrons. The normalized spacial score (nSPS) is 12.1. The maximum Gasteiger partial charge on any atom is 0.387 e. The van der Waals surface area contributed by atoms with Gasteiger partial charge in [-0.25, -0.2) is 8.42 Å². The minimum absolute atomic E-state index is 0.000633. The highest BCUT2D eigenvalue weighted by atomic mass is 32.2. The van der Waals surface area contributed by atoms with Crippen molar-refractivity contribution < 1.29 is 21.9 Å². The predicted octanol–water partition coefficient (Wildman–Crippen LogP) is 5.25. The van der Waals surface area contributed by atoms with Crippen molar-refractivity contribution in [1.82, 2.24) is 4.57 Å². The molecule has 0 unspecified atom stereocenters. The summed E-state index contributed by atoms with van der Waals surface area (Å²) in [5, 5.41) is 0.904. The number of sulfonamides is 1. The molecule has 0 aliphatic heterocycles. The molecule has 3 aromatic rings. The van der Waals surface area contributed by atoms with Crippen LogP contribution in [0.2, 0.25) is 0 Å². The quantitative estimate of drug-likeness (QED) is 0.581. The minimum Gasteiger partial charge on any atom is -0.435 e. The SMILES string of the molecule is CCS(=O)(=O)Nc1ccc(-c2cc3ccc(OC(F)F)cc3n2C(C)C)cc1. The van der Waals surface area contributed by atoms with Crippen LogP contribution in [0.4, 0.5) is 14.5 Å². The summed E-state index contributed by atoms with van der Waals surface area (Å²) in [5.74, 6) is 0.109. The van der Waals surface area contributed by atoms with Gasteiger partial charge in [-0.3, -0.25) is 4.72 Å². The number of fused-ring (bicyclic) bond motifs is 1. The molecule has 0 saturated heterocycles. The fourth-order valence-electron chi connectivity index (χ4n) is 3.12. The third kappa shape index (κ3) is 4.27. The van der Waals surface area contributed by atoms with E-state index in [0.29, 0.717) is 5.69 Å².